The number of aliphatic hydroxyl groups is 2. The fraction of sp³-hybridized carbons (Fsp3) is 0.857. The highest BCUT2D eigenvalue weighted by molar-refractivity contribution is 5.78. The molecule has 0 aromatic rings. The van der Waals surface area contributed by atoms with Gasteiger partial charge in [-0.1, -0.05) is 96.5 Å². The van der Waals surface area contributed by atoms with Crippen molar-refractivity contribution in [2.75, 3.05) is 13.2 Å². The van der Waals surface area contributed by atoms with Crippen LogP contribution in [0.4, 0.5) is 0 Å². The number of rotatable bonds is 18. The molecule has 0 bridgehead atoms. The molecular weight excluding hydrogens is 316 g/mol. The van der Waals surface area contributed by atoms with E-state index in [0.717, 1.165) is 18.9 Å². The summed E-state index contributed by atoms with van der Waals surface area (Å²) in [6.07, 6.45) is 21.8. The zero-order valence-corrected chi connectivity index (χ0v) is 16.3. The summed E-state index contributed by atoms with van der Waals surface area (Å²) in [4.78, 5) is 9.25. The van der Waals surface area contributed by atoms with Crippen LogP contribution in [0.5, 0.6) is 0 Å². The monoisotopic (exact) mass is 358 g/mol. The maximum absolute atomic E-state index is 9.25. The zero-order valence-electron chi connectivity index (χ0n) is 16.3. The Hall–Kier alpha value is -0.870. The molecular formula is C21H42O4. The lowest BCUT2D eigenvalue weighted by atomic mass is 10.0. The first-order chi connectivity index (χ1) is 12.2. The quantitative estimate of drug-likeness (QED) is 0.224. The minimum atomic E-state index is -0.981. The molecule has 4 nitrogen and oxygen atoms in total. The Bertz CT molecular complexity index is 249. The lowest BCUT2D eigenvalue weighted by Crippen LogP contribution is -1.85. The van der Waals surface area contributed by atoms with Gasteiger partial charge in [0.15, 0.2) is 0 Å². The highest BCUT2D eigenvalue weighted by atomic mass is 16.4. The summed E-state index contributed by atoms with van der Waals surface area (Å²) in [6.45, 7) is 3.69. The molecule has 0 amide bonds. The van der Waals surface area contributed by atoms with Crippen molar-refractivity contribution < 1.29 is 20.1 Å². The summed E-state index contributed by atoms with van der Waals surface area (Å²) in [7, 11) is 0. The molecule has 0 radical (unpaired) electrons. The van der Waals surface area contributed by atoms with Gasteiger partial charge in [0.25, 0.3) is 0 Å². The molecule has 0 rings (SSSR count). The third kappa shape index (κ3) is 31.4. The Morgan fingerprint density at radius 2 is 0.720 bits per heavy atom. The Morgan fingerprint density at radius 3 is 0.840 bits per heavy atom. The van der Waals surface area contributed by atoms with Gasteiger partial charge >= 0.3 is 5.97 Å². The van der Waals surface area contributed by atoms with Gasteiger partial charge in [0, 0.05) is 19.3 Å². The van der Waals surface area contributed by atoms with E-state index in [-0.39, 0.29) is 0 Å². The van der Waals surface area contributed by atoms with Gasteiger partial charge in [0.1, 0.15) is 0 Å². The number of hydrogen-bond acceptors (Lipinski definition) is 3. The molecule has 0 unspecified atom stereocenters. The smallest absolute Gasteiger partial charge is 0.327 e. The molecule has 0 spiro atoms. The van der Waals surface area contributed by atoms with Crippen LogP contribution in [0.1, 0.15) is 103 Å². The maximum atomic E-state index is 9.25. The van der Waals surface area contributed by atoms with Gasteiger partial charge in [0.2, 0.25) is 0 Å². The minimum absolute atomic E-state index is 0.363. The van der Waals surface area contributed by atoms with E-state index in [1.54, 1.807) is 0 Å². The molecule has 4 heteroatoms. The molecule has 0 aromatic heterocycles. The highest BCUT2D eigenvalue weighted by Crippen LogP contribution is 2.13. The summed E-state index contributed by atoms with van der Waals surface area (Å²) in [6, 6.07) is 0. The van der Waals surface area contributed by atoms with E-state index >= 15 is 0 Å². The fourth-order valence-electron chi connectivity index (χ4n) is 2.70. The summed E-state index contributed by atoms with van der Waals surface area (Å²) in [5.74, 6) is -0.981. The Morgan fingerprint density at radius 1 is 0.560 bits per heavy atom. The highest BCUT2D eigenvalue weighted by Gasteiger charge is 1.94. The third-order valence-corrected chi connectivity index (χ3v) is 4.24. The van der Waals surface area contributed by atoms with E-state index in [9.17, 15) is 4.79 Å². The Kier molecular flexibility index (Phi) is 26.8. The largest absolute Gasteiger partial charge is 0.478 e. The van der Waals surface area contributed by atoms with Gasteiger partial charge < -0.3 is 15.3 Å². The van der Waals surface area contributed by atoms with Gasteiger partial charge in [-0.15, -0.1) is 0 Å². The SMILES string of the molecule is C=CC(=O)O.OCCCCCCCCCCCCCCCCCCO. The van der Waals surface area contributed by atoms with Crippen LogP contribution in [0.2, 0.25) is 0 Å². The van der Waals surface area contributed by atoms with Crippen molar-refractivity contribution in [1.29, 1.82) is 0 Å². The molecule has 150 valence electrons. The van der Waals surface area contributed by atoms with Crippen LogP contribution in [-0.4, -0.2) is 34.5 Å². The van der Waals surface area contributed by atoms with E-state index in [4.69, 9.17) is 15.3 Å². The molecule has 0 aliphatic rings. The number of aliphatic carboxylic acids is 1. The second kappa shape index (κ2) is 25.4. The van der Waals surface area contributed by atoms with E-state index in [1.165, 1.54) is 89.9 Å². The molecule has 0 atom stereocenters. The number of carbonyl (C=O) groups is 1. The van der Waals surface area contributed by atoms with Crippen molar-refractivity contribution in [2.24, 2.45) is 0 Å². The lowest BCUT2D eigenvalue weighted by Gasteiger charge is -2.03. The number of carboxylic acid groups (broad SMARTS) is 1. The van der Waals surface area contributed by atoms with Crippen molar-refractivity contribution >= 4 is 5.97 Å². The molecule has 3 N–H and O–H groups in total. The number of unbranched alkanes of at least 4 members (excludes halogenated alkanes) is 15. The Labute approximate surface area is 155 Å². The summed E-state index contributed by atoms with van der Waals surface area (Å²) < 4.78 is 0. The van der Waals surface area contributed by atoms with Crippen LogP contribution in [0.25, 0.3) is 0 Å². The van der Waals surface area contributed by atoms with E-state index in [1.807, 2.05) is 0 Å². The predicted octanol–water partition coefficient (Wildman–Crippen LogP) is 5.47. The first-order valence-electron chi connectivity index (χ1n) is 10.3. The molecule has 25 heavy (non-hydrogen) atoms. The first kappa shape index (κ1) is 26.4. The molecule has 0 aliphatic carbocycles. The van der Waals surface area contributed by atoms with Crippen molar-refractivity contribution in [3.63, 3.8) is 0 Å². The first-order valence-corrected chi connectivity index (χ1v) is 10.3. The maximum Gasteiger partial charge on any atom is 0.327 e. The fourth-order valence-corrected chi connectivity index (χ4v) is 2.70. The molecule has 0 heterocycles. The van der Waals surface area contributed by atoms with Gasteiger partial charge in [-0.2, -0.15) is 0 Å². The molecule has 0 aromatic carbocycles. The molecule has 0 fully saturated rings. The normalized spacial score (nSPS) is 10.2. The number of carboxylic acids is 1. The average Bonchev–Trinajstić information content (AvgIpc) is 2.62. The van der Waals surface area contributed by atoms with E-state index < -0.39 is 5.97 Å². The summed E-state index contributed by atoms with van der Waals surface area (Å²) in [5.41, 5.74) is 0. The topological polar surface area (TPSA) is 77.8 Å². The van der Waals surface area contributed by atoms with Crippen molar-refractivity contribution in [3.8, 4) is 0 Å². The standard InChI is InChI=1S/C18H38O2.C3H4O2/c19-17-15-13-11-9-7-5-3-1-2-4-6-8-10-12-14-16-18-20;1-2-3(4)5/h19-20H,1-18H2;2H,1H2,(H,4,5). The van der Waals surface area contributed by atoms with Crippen LogP contribution < -0.4 is 0 Å². The number of hydrogen-bond donors (Lipinski definition) is 3. The Balaban J connectivity index is 0. The second-order valence-corrected chi connectivity index (χ2v) is 6.65. The van der Waals surface area contributed by atoms with Crippen molar-refractivity contribution in [3.05, 3.63) is 12.7 Å². The van der Waals surface area contributed by atoms with Gasteiger partial charge in [0.05, 0.1) is 0 Å². The van der Waals surface area contributed by atoms with Gasteiger partial charge in [-0.25, -0.2) is 4.79 Å². The third-order valence-electron chi connectivity index (χ3n) is 4.24. The second-order valence-electron chi connectivity index (χ2n) is 6.65. The van der Waals surface area contributed by atoms with Crippen molar-refractivity contribution in [1.82, 2.24) is 0 Å². The summed E-state index contributed by atoms with van der Waals surface area (Å²) in [5, 5.41) is 24.9. The van der Waals surface area contributed by atoms with Gasteiger partial charge in [-0.3, -0.25) is 0 Å². The van der Waals surface area contributed by atoms with Crippen LogP contribution in [0.15, 0.2) is 12.7 Å². The average molecular weight is 359 g/mol. The summed E-state index contributed by atoms with van der Waals surface area (Å²) >= 11 is 0. The van der Waals surface area contributed by atoms with E-state index in [0.29, 0.717) is 13.2 Å². The predicted molar refractivity (Wildman–Crippen MR) is 106 cm³/mol. The van der Waals surface area contributed by atoms with Gasteiger partial charge in [-0.05, 0) is 12.8 Å². The zero-order chi connectivity index (χ0) is 19.0. The van der Waals surface area contributed by atoms with Crippen LogP contribution >= 0.6 is 0 Å². The minimum Gasteiger partial charge on any atom is -0.478 e. The molecule has 0 aliphatic heterocycles. The van der Waals surface area contributed by atoms with Crippen molar-refractivity contribution in [2.45, 2.75) is 103 Å². The van der Waals surface area contributed by atoms with Crippen LogP contribution in [0.3, 0.4) is 0 Å². The van der Waals surface area contributed by atoms with E-state index in [2.05, 4.69) is 6.58 Å². The number of aliphatic hydroxyl groups excluding tert-OH is 2. The molecule has 0 saturated carbocycles. The molecule has 0 saturated heterocycles. The van der Waals surface area contributed by atoms with Crippen LogP contribution in [-0.2, 0) is 4.79 Å². The lowest BCUT2D eigenvalue weighted by molar-refractivity contribution is -0.131. The van der Waals surface area contributed by atoms with Crippen LogP contribution in [0, 0.1) is 0 Å².